The first-order chi connectivity index (χ1) is 12.5. The van der Waals surface area contributed by atoms with Crippen LogP contribution >= 0.6 is 0 Å². The average molecular weight is 362 g/mol. The molecule has 2 aromatic carbocycles. The number of carbonyl (C=O) groups excluding carboxylic acids is 2. The lowest BCUT2D eigenvalue weighted by molar-refractivity contribution is -0.136. The Bertz CT molecular complexity index is 846. The van der Waals surface area contributed by atoms with Crippen molar-refractivity contribution in [1.29, 1.82) is 0 Å². The fraction of sp³-hybridized carbons (Fsp3) is 0.158. The highest BCUT2D eigenvalue weighted by atomic mass is 19.2. The van der Waals surface area contributed by atoms with Gasteiger partial charge in [0.05, 0.1) is 14.2 Å². The van der Waals surface area contributed by atoms with Gasteiger partial charge in [-0.2, -0.15) is 0 Å². The Morgan fingerprint density at radius 2 is 1.81 bits per heavy atom. The number of methoxy groups -OCH3 is 2. The van der Waals surface area contributed by atoms with Crippen molar-refractivity contribution in [3.05, 3.63) is 65.2 Å². The molecule has 0 aromatic heterocycles. The summed E-state index contributed by atoms with van der Waals surface area (Å²) < 4.78 is 41.2. The van der Waals surface area contributed by atoms with Gasteiger partial charge in [0.1, 0.15) is 0 Å². The van der Waals surface area contributed by atoms with Crippen LogP contribution < -0.4 is 9.47 Å². The molecule has 0 aliphatic heterocycles. The van der Waals surface area contributed by atoms with E-state index in [-0.39, 0.29) is 5.56 Å². The van der Waals surface area contributed by atoms with Gasteiger partial charge in [-0.15, -0.1) is 0 Å². The van der Waals surface area contributed by atoms with E-state index in [1.807, 2.05) is 0 Å². The highest BCUT2D eigenvalue weighted by Crippen LogP contribution is 2.31. The predicted octanol–water partition coefficient (Wildman–Crippen LogP) is 3.42. The lowest BCUT2D eigenvalue weighted by Gasteiger charge is -2.09. The number of ketones is 1. The number of halogens is 2. The molecule has 2 rings (SSSR count). The summed E-state index contributed by atoms with van der Waals surface area (Å²) in [7, 11) is 2.96. The van der Waals surface area contributed by atoms with E-state index in [0.717, 1.165) is 24.3 Å². The van der Waals surface area contributed by atoms with Crippen molar-refractivity contribution >= 4 is 17.8 Å². The quantitative estimate of drug-likeness (QED) is 0.429. The molecule has 0 aliphatic rings. The molecule has 7 heteroatoms. The molecule has 0 spiro atoms. The largest absolute Gasteiger partial charge is 0.493 e. The number of hydrogen-bond acceptors (Lipinski definition) is 5. The summed E-state index contributed by atoms with van der Waals surface area (Å²) in [6.45, 7) is -0.594. The Kier molecular flexibility index (Phi) is 6.43. The Morgan fingerprint density at radius 1 is 1.04 bits per heavy atom. The number of carbonyl (C=O) groups is 2. The Balaban J connectivity index is 1.99. The first-order valence-corrected chi connectivity index (χ1v) is 7.50. The summed E-state index contributed by atoms with van der Waals surface area (Å²) in [6.07, 6.45) is 2.57. The van der Waals surface area contributed by atoms with E-state index in [1.54, 1.807) is 18.2 Å². The number of esters is 1. The van der Waals surface area contributed by atoms with Gasteiger partial charge in [-0.05, 0) is 30.3 Å². The summed E-state index contributed by atoms with van der Waals surface area (Å²) in [6, 6.07) is 7.83. The maximum Gasteiger partial charge on any atom is 0.331 e. The summed E-state index contributed by atoms with van der Waals surface area (Å²) in [5.41, 5.74) is 0.492. The van der Waals surface area contributed by atoms with Gasteiger partial charge in [-0.25, -0.2) is 13.6 Å². The molecule has 0 N–H and O–H groups in total. The van der Waals surface area contributed by atoms with Crippen molar-refractivity contribution < 1.29 is 32.6 Å². The number of rotatable bonds is 7. The zero-order chi connectivity index (χ0) is 19.1. The molecular formula is C19H16F2O5. The zero-order valence-electron chi connectivity index (χ0n) is 14.1. The molecule has 0 atom stereocenters. The van der Waals surface area contributed by atoms with Crippen LogP contribution in [-0.2, 0) is 9.53 Å². The van der Waals surface area contributed by atoms with Crippen LogP contribution in [0, 0.1) is 11.6 Å². The van der Waals surface area contributed by atoms with Crippen molar-refractivity contribution in [2.24, 2.45) is 0 Å². The number of hydrogen-bond donors (Lipinski definition) is 0. The standard InChI is InChI=1S/C19H16F2O5/c1-24-17-5-3-4-12(19(17)25-2)7-9-18(23)26-11-16(22)13-6-8-14(20)15(21)10-13/h3-10H,11H2,1-2H3/b9-7+. The van der Waals surface area contributed by atoms with Gasteiger partial charge in [-0.3, -0.25) is 4.79 Å². The Labute approximate surface area is 148 Å². The molecule has 0 fully saturated rings. The second-order valence-corrected chi connectivity index (χ2v) is 5.08. The number of para-hydroxylation sites is 1. The molecule has 0 saturated heterocycles. The molecule has 0 bridgehead atoms. The number of benzene rings is 2. The lowest BCUT2D eigenvalue weighted by atomic mass is 10.1. The van der Waals surface area contributed by atoms with Crippen molar-refractivity contribution in [2.45, 2.75) is 0 Å². The molecule has 0 amide bonds. The van der Waals surface area contributed by atoms with Crippen molar-refractivity contribution in [3.63, 3.8) is 0 Å². The van der Waals surface area contributed by atoms with E-state index in [2.05, 4.69) is 0 Å². The first kappa shape index (κ1) is 19.1. The summed E-state index contributed by atoms with van der Waals surface area (Å²) >= 11 is 0. The van der Waals surface area contributed by atoms with Gasteiger partial charge in [0, 0.05) is 17.2 Å². The number of ether oxygens (including phenoxy) is 3. The van der Waals surface area contributed by atoms with Gasteiger partial charge in [0.2, 0.25) is 0 Å². The monoisotopic (exact) mass is 362 g/mol. The van der Waals surface area contributed by atoms with E-state index in [9.17, 15) is 18.4 Å². The van der Waals surface area contributed by atoms with Gasteiger partial charge in [-0.1, -0.05) is 12.1 Å². The van der Waals surface area contributed by atoms with E-state index < -0.39 is 30.0 Å². The lowest BCUT2D eigenvalue weighted by Crippen LogP contribution is -2.13. The van der Waals surface area contributed by atoms with Crippen LogP contribution in [0.3, 0.4) is 0 Å². The highest BCUT2D eigenvalue weighted by molar-refractivity contribution is 5.99. The Hall–Kier alpha value is -3.22. The fourth-order valence-electron chi connectivity index (χ4n) is 2.14. The van der Waals surface area contributed by atoms with E-state index in [1.165, 1.54) is 20.3 Å². The molecular weight excluding hydrogens is 346 g/mol. The minimum absolute atomic E-state index is 0.0878. The molecule has 0 aliphatic carbocycles. The first-order valence-electron chi connectivity index (χ1n) is 7.50. The van der Waals surface area contributed by atoms with Crippen LogP contribution in [0.5, 0.6) is 11.5 Å². The summed E-state index contributed by atoms with van der Waals surface area (Å²) in [4.78, 5) is 23.6. The molecule has 2 aromatic rings. The molecule has 136 valence electrons. The van der Waals surface area contributed by atoms with E-state index >= 15 is 0 Å². The van der Waals surface area contributed by atoms with Crippen molar-refractivity contribution in [3.8, 4) is 11.5 Å². The predicted molar refractivity (Wildman–Crippen MR) is 90.2 cm³/mol. The number of Topliss-reactive ketones (excluding diaryl/α,β-unsaturated/α-hetero) is 1. The molecule has 0 saturated carbocycles. The van der Waals surface area contributed by atoms with Crippen LogP contribution in [0.15, 0.2) is 42.5 Å². The van der Waals surface area contributed by atoms with Crippen LogP contribution in [0.25, 0.3) is 6.08 Å². The minimum Gasteiger partial charge on any atom is -0.493 e. The van der Waals surface area contributed by atoms with Gasteiger partial charge >= 0.3 is 5.97 Å². The van der Waals surface area contributed by atoms with Crippen molar-refractivity contribution in [1.82, 2.24) is 0 Å². The maximum absolute atomic E-state index is 13.1. The SMILES string of the molecule is COc1cccc(/C=C/C(=O)OCC(=O)c2ccc(F)c(F)c2)c1OC. The third-order valence-electron chi connectivity index (χ3n) is 3.42. The average Bonchev–Trinajstić information content (AvgIpc) is 2.65. The van der Waals surface area contributed by atoms with Crippen molar-refractivity contribution in [2.75, 3.05) is 20.8 Å². The fourth-order valence-corrected chi connectivity index (χ4v) is 2.14. The van der Waals surface area contributed by atoms with Crippen LogP contribution in [0.4, 0.5) is 8.78 Å². The third-order valence-corrected chi connectivity index (χ3v) is 3.42. The summed E-state index contributed by atoms with van der Waals surface area (Å²) in [5, 5.41) is 0. The van der Waals surface area contributed by atoms with Gasteiger partial charge in [0.15, 0.2) is 35.5 Å². The van der Waals surface area contributed by atoms with Gasteiger partial charge < -0.3 is 14.2 Å². The van der Waals surface area contributed by atoms with Crippen LogP contribution in [-0.4, -0.2) is 32.6 Å². The second-order valence-electron chi connectivity index (χ2n) is 5.08. The highest BCUT2D eigenvalue weighted by Gasteiger charge is 2.12. The molecule has 0 unspecified atom stereocenters. The summed E-state index contributed by atoms with van der Waals surface area (Å²) in [5.74, 6) is -2.69. The molecule has 26 heavy (non-hydrogen) atoms. The van der Waals surface area contributed by atoms with E-state index in [0.29, 0.717) is 17.1 Å². The van der Waals surface area contributed by atoms with Gasteiger partial charge in [0.25, 0.3) is 0 Å². The zero-order valence-corrected chi connectivity index (χ0v) is 14.1. The van der Waals surface area contributed by atoms with E-state index in [4.69, 9.17) is 14.2 Å². The topological polar surface area (TPSA) is 61.8 Å². The molecule has 0 radical (unpaired) electrons. The molecule has 5 nitrogen and oxygen atoms in total. The second kappa shape index (κ2) is 8.75. The molecule has 0 heterocycles. The minimum atomic E-state index is -1.15. The third kappa shape index (κ3) is 4.66. The normalized spacial score (nSPS) is 10.6. The smallest absolute Gasteiger partial charge is 0.331 e. The maximum atomic E-state index is 13.1. The van der Waals surface area contributed by atoms with Crippen LogP contribution in [0.1, 0.15) is 15.9 Å². The Morgan fingerprint density at radius 3 is 2.46 bits per heavy atom. The van der Waals surface area contributed by atoms with Crippen LogP contribution in [0.2, 0.25) is 0 Å².